The van der Waals surface area contributed by atoms with Gasteiger partial charge in [0.2, 0.25) is 5.91 Å². The minimum Gasteiger partial charge on any atom is -0.333 e. The highest BCUT2D eigenvalue weighted by molar-refractivity contribution is 7.91. The first-order valence-corrected chi connectivity index (χ1v) is 11.6. The third-order valence-corrected chi connectivity index (χ3v) is 8.15. The van der Waals surface area contributed by atoms with E-state index in [1.54, 1.807) is 19.2 Å². The largest absolute Gasteiger partial charge is 0.333 e. The number of carbonyl (C=O) groups is 1. The lowest BCUT2D eigenvalue weighted by molar-refractivity contribution is -0.131. The van der Waals surface area contributed by atoms with Crippen molar-refractivity contribution in [3.8, 4) is 0 Å². The highest BCUT2D eigenvalue weighted by Crippen LogP contribution is 2.30. The molecule has 0 N–H and O–H groups in total. The van der Waals surface area contributed by atoms with Gasteiger partial charge in [-0.2, -0.15) is 4.31 Å². The maximum Gasteiger partial charge on any atom is 0.252 e. The lowest BCUT2D eigenvalue weighted by Gasteiger charge is -2.30. The van der Waals surface area contributed by atoms with Gasteiger partial charge in [0.05, 0.1) is 16.9 Å². The van der Waals surface area contributed by atoms with E-state index < -0.39 is 22.0 Å². The van der Waals surface area contributed by atoms with Crippen molar-refractivity contribution in [2.45, 2.75) is 10.3 Å². The first kappa shape index (κ1) is 22.4. The van der Waals surface area contributed by atoms with Gasteiger partial charge in [0, 0.05) is 14.1 Å². The summed E-state index contributed by atoms with van der Waals surface area (Å²) in [4.78, 5) is 14.5. The van der Waals surface area contributed by atoms with Crippen molar-refractivity contribution in [1.82, 2.24) is 9.21 Å². The van der Waals surface area contributed by atoms with Crippen LogP contribution in [0.4, 0.5) is 4.39 Å². The number of benzene rings is 2. The summed E-state index contributed by atoms with van der Waals surface area (Å²) in [5.74, 6) is -0.776. The van der Waals surface area contributed by atoms with Crippen molar-refractivity contribution in [3.05, 3.63) is 88.0 Å². The molecule has 0 aliphatic carbocycles. The van der Waals surface area contributed by atoms with Gasteiger partial charge in [-0.05, 0) is 35.4 Å². The predicted octanol–water partition coefficient (Wildman–Crippen LogP) is 4.41. The molecule has 5 nitrogen and oxygen atoms in total. The second kappa shape index (κ2) is 9.26. The Morgan fingerprint density at radius 2 is 1.60 bits per heavy atom. The zero-order valence-electron chi connectivity index (χ0n) is 16.3. The molecule has 158 valence electrons. The average molecular weight is 467 g/mol. The third-order valence-electron chi connectivity index (χ3n) is 4.65. The Bertz CT molecular complexity index is 1120. The van der Waals surface area contributed by atoms with Crippen LogP contribution >= 0.6 is 22.9 Å². The molecule has 1 amide bonds. The SMILES string of the molecule is CN(C(=O)CN(C)S(=O)(=O)c1ccc(Cl)s1)C(c1ccccc1)c1ccc(F)cc1. The van der Waals surface area contributed by atoms with E-state index in [-0.39, 0.29) is 16.6 Å². The van der Waals surface area contributed by atoms with E-state index in [4.69, 9.17) is 11.6 Å². The Hall–Kier alpha value is -2.26. The molecule has 1 heterocycles. The zero-order chi connectivity index (χ0) is 21.9. The summed E-state index contributed by atoms with van der Waals surface area (Å²) in [5, 5.41) is 0. The lowest BCUT2D eigenvalue weighted by atomic mass is 9.97. The fraction of sp³-hybridized carbons (Fsp3) is 0.190. The van der Waals surface area contributed by atoms with Crippen LogP contribution in [0.3, 0.4) is 0 Å². The van der Waals surface area contributed by atoms with Gasteiger partial charge < -0.3 is 4.90 Å². The number of halogens is 2. The summed E-state index contributed by atoms with van der Waals surface area (Å²) >= 11 is 6.78. The molecule has 30 heavy (non-hydrogen) atoms. The molecule has 0 spiro atoms. The summed E-state index contributed by atoms with van der Waals surface area (Å²) in [6, 6.07) is 17.6. The van der Waals surface area contributed by atoms with Crippen molar-refractivity contribution in [1.29, 1.82) is 0 Å². The van der Waals surface area contributed by atoms with Crippen LogP contribution < -0.4 is 0 Å². The van der Waals surface area contributed by atoms with Gasteiger partial charge in [-0.15, -0.1) is 11.3 Å². The standard InChI is InChI=1S/C21H20ClFN2O3S2/c1-24(30(27,28)20-13-12-18(22)29-20)14-19(26)25(2)21(15-6-4-3-5-7-15)16-8-10-17(23)11-9-16/h3-13,21H,14H2,1-2H3. The van der Waals surface area contributed by atoms with Gasteiger partial charge in [-0.1, -0.05) is 54.1 Å². The van der Waals surface area contributed by atoms with Crippen molar-refractivity contribution < 1.29 is 17.6 Å². The smallest absolute Gasteiger partial charge is 0.252 e. The lowest BCUT2D eigenvalue weighted by Crippen LogP contribution is -2.41. The molecule has 1 atom stereocenters. The fourth-order valence-electron chi connectivity index (χ4n) is 3.04. The number of thiophene rings is 1. The number of likely N-dealkylation sites (N-methyl/N-ethyl adjacent to an activating group) is 2. The molecule has 2 aromatic carbocycles. The number of nitrogens with zero attached hydrogens (tertiary/aromatic N) is 2. The Kier molecular flexibility index (Phi) is 6.92. The van der Waals surface area contributed by atoms with Crippen molar-refractivity contribution >= 4 is 38.9 Å². The minimum atomic E-state index is -3.84. The third kappa shape index (κ3) is 4.89. The van der Waals surface area contributed by atoms with Gasteiger partial charge in [-0.25, -0.2) is 12.8 Å². The van der Waals surface area contributed by atoms with Crippen molar-refractivity contribution in [2.75, 3.05) is 20.6 Å². The second-order valence-corrected chi connectivity index (χ2v) is 10.7. The zero-order valence-corrected chi connectivity index (χ0v) is 18.7. The monoisotopic (exact) mass is 466 g/mol. The number of hydrogen-bond acceptors (Lipinski definition) is 4. The van der Waals surface area contributed by atoms with E-state index in [2.05, 4.69) is 0 Å². The molecular formula is C21H20ClFN2O3S2. The van der Waals surface area contributed by atoms with Crippen LogP contribution in [-0.2, 0) is 14.8 Å². The number of amides is 1. The Labute approximate surface area is 184 Å². The maximum atomic E-state index is 13.4. The minimum absolute atomic E-state index is 0.0728. The van der Waals surface area contributed by atoms with Crippen LogP contribution in [0, 0.1) is 5.82 Å². The van der Waals surface area contributed by atoms with Crippen LogP contribution in [0.2, 0.25) is 4.34 Å². The van der Waals surface area contributed by atoms with E-state index >= 15 is 0 Å². The van der Waals surface area contributed by atoms with Gasteiger partial charge in [-0.3, -0.25) is 4.79 Å². The fourth-order valence-corrected chi connectivity index (χ4v) is 5.85. The normalized spacial score (nSPS) is 12.7. The first-order chi connectivity index (χ1) is 14.2. The van der Waals surface area contributed by atoms with Crippen molar-refractivity contribution in [3.63, 3.8) is 0 Å². The summed E-state index contributed by atoms with van der Waals surface area (Å²) in [7, 11) is -0.883. The number of rotatable bonds is 7. The molecule has 0 aliphatic heterocycles. The van der Waals surface area contributed by atoms with Gasteiger partial charge in [0.1, 0.15) is 10.0 Å². The Morgan fingerprint density at radius 3 is 2.17 bits per heavy atom. The quantitative estimate of drug-likeness (QED) is 0.518. The van der Waals surface area contributed by atoms with Crippen LogP contribution in [0.15, 0.2) is 70.9 Å². The molecule has 1 unspecified atom stereocenters. The van der Waals surface area contributed by atoms with Gasteiger partial charge >= 0.3 is 0 Å². The number of hydrogen-bond donors (Lipinski definition) is 0. The van der Waals surface area contributed by atoms with E-state index in [9.17, 15) is 17.6 Å². The summed E-state index contributed by atoms with van der Waals surface area (Å²) in [5.41, 5.74) is 1.55. The average Bonchev–Trinajstić information content (AvgIpc) is 3.17. The van der Waals surface area contributed by atoms with E-state index in [0.717, 1.165) is 21.2 Å². The molecule has 0 saturated heterocycles. The van der Waals surface area contributed by atoms with Crippen LogP contribution in [-0.4, -0.2) is 44.2 Å². The molecular weight excluding hydrogens is 447 g/mol. The second-order valence-electron chi connectivity index (χ2n) is 6.69. The molecule has 0 bridgehead atoms. The molecule has 0 radical (unpaired) electrons. The molecule has 9 heteroatoms. The van der Waals surface area contributed by atoms with Gasteiger partial charge in [0.15, 0.2) is 0 Å². The molecule has 1 aromatic heterocycles. The predicted molar refractivity (Wildman–Crippen MR) is 117 cm³/mol. The summed E-state index contributed by atoms with van der Waals surface area (Å²) in [6.45, 7) is -0.348. The van der Waals surface area contributed by atoms with E-state index in [1.165, 1.54) is 36.2 Å². The summed E-state index contributed by atoms with van der Waals surface area (Å²) < 4.78 is 40.3. The van der Waals surface area contributed by atoms with Crippen molar-refractivity contribution in [2.24, 2.45) is 0 Å². The van der Waals surface area contributed by atoms with Crippen LogP contribution in [0.1, 0.15) is 17.2 Å². The maximum absolute atomic E-state index is 13.4. The molecule has 3 rings (SSSR count). The highest BCUT2D eigenvalue weighted by atomic mass is 35.5. The topological polar surface area (TPSA) is 57.7 Å². The summed E-state index contributed by atoms with van der Waals surface area (Å²) in [6.07, 6.45) is 0. The highest BCUT2D eigenvalue weighted by Gasteiger charge is 2.29. The molecule has 3 aromatic rings. The van der Waals surface area contributed by atoms with E-state index in [1.807, 2.05) is 30.3 Å². The Balaban J connectivity index is 1.86. The number of carbonyl (C=O) groups excluding carboxylic acids is 1. The molecule has 0 aliphatic rings. The van der Waals surface area contributed by atoms with Gasteiger partial charge in [0.25, 0.3) is 10.0 Å². The van der Waals surface area contributed by atoms with E-state index in [0.29, 0.717) is 9.90 Å². The van der Waals surface area contributed by atoms with Crippen LogP contribution in [0.25, 0.3) is 0 Å². The Morgan fingerprint density at radius 1 is 1.00 bits per heavy atom. The molecule has 0 fully saturated rings. The van der Waals surface area contributed by atoms with Crippen LogP contribution in [0.5, 0.6) is 0 Å². The number of sulfonamides is 1. The first-order valence-electron chi connectivity index (χ1n) is 8.98. The molecule has 0 saturated carbocycles.